The van der Waals surface area contributed by atoms with Gasteiger partial charge in [0.25, 0.3) is 0 Å². The van der Waals surface area contributed by atoms with Gasteiger partial charge in [-0.2, -0.15) is 0 Å². The summed E-state index contributed by atoms with van der Waals surface area (Å²) < 4.78 is 5.40. The van der Waals surface area contributed by atoms with Crippen molar-refractivity contribution >= 4 is 5.97 Å². The minimum Gasteiger partial charge on any atom is -0.478 e. The van der Waals surface area contributed by atoms with Gasteiger partial charge < -0.3 is 15.2 Å². The van der Waals surface area contributed by atoms with E-state index in [2.05, 4.69) is 5.32 Å². The molecule has 0 saturated carbocycles. The number of rotatable bonds is 7. The van der Waals surface area contributed by atoms with E-state index in [1.54, 1.807) is 18.2 Å². The lowest BCUT2D eigenvalue weighted by Crippen LogP contribution is -2.18. The molecule has 0 bridgehead atoms. The Bertz CT molecular complexity index is 339. The van der Waals surface area contributed by atoms with Crippen molar-refractivity contribution < 1.29 is 14.6 Å². The number of nitrogens with one attached hydrogen (secondary N) is 1. The Morgan fingerprint density at radius 2 is 2.31 bits per heavy atom. The molecule has 0 atom stereocenters. The zero-order valence-corrected chi connectivity index (χ0v) is 9.40. The van der Waals surface area contributed by atoms with Crippen molar-refractivity contribution in [2.45, 2.75) is 13.5 Å². The molecule has 0 aliphatic rings. The first kappa shape index (κ1) is 12.7. The fraction of sp³-hybridized carbons (Fsp3) is 0.417. The maximum atomic E-state index is 10.7. The Labute approximate surface area is 95.2 Å². The molecule has 0 heterocycles. The normalized spacial score (nSPS) is 10.3. The lowest BCUT2D eigenvalue weighted by Gasteiger charge is -2.05. The van der Waals surface area contributed by atoms with Crippen LogP contribution in [0.3, 0.4) is 0 Å². The maximum Gasteiger partial charge on any atom is 0.335 e. The van der Waals surface area contributed by atoms with Crippen LogP contribution in [0.5, 0.6) is 0 Å². The summed E-state index contributed by atoms with van der Waals surface area (Å²) in [6.07, 6.45) is 0. The van der Waals surface area contributed by atoms with Crippen LogP contribution in [0.2, 0.25) is 0 Å². The van der Waals surface area contributed by atoms with Gasteiger partial charge in [-0.25, -0.2) is 4.79 Å². The van der Waals surface area contributed by atoms with Gasteiger partial charge in [-0.1, -0.05) is 19.1 Å². The average molecular weight is 223 g/mol. The van der Waals surface area contributed by atoms with Crippen LogP contribution in [0, 0.1) is 0 Å². The van der Waals surface area contributed by atoms with Crippen molar-refractivity contribution in [3.63, 3.8) is 0 Å². The Kier molecular flexibility index (Phi) is 5.53. The third-order valence-electron chi connectivity index (χ3n) is 2.12. The van der Waals surface area contributed by atoms with Crippen molar-refractivity contribution in [3.05, 3.63) is 35.4 Å². The van der Waals surface area contributed by atoms with E-state index in [-0.39, 0.29) is 0 Å². The van der Waals surface area contributed by atoms with Gasteiger partial charge in [-0.05, 0) is 24.2 Å². The quantitative estimate of drug-likeness (QED) is 0.688. The fourth-order valence-electron chi connectivity index (χ4n) is 1.31. The van der Waals surface area contributed by atoms with E-state index in [4.69, 9.17) is 9.84 Å². The molecule has 1 aromatic carbocycles. The van der Waals surface area contributed by atoms with Crippen LogP contribution < -0.4 is 5.32 Å². The number of carboxylic acids is 1. The summed E-state index contributed by atoms with van der Waals surface area (Å²) in [6.45, 7) is 4.86. The Morgan fingerprint density at radius 1 is 1.50 bits per heavy atom. The molecule has 0 unspecified atom stereocenters. The van der Waals surface area contributed by atoms with E-state index in [0.29, 0.717) is 18.8 Å². The number of carbonyl (C=O) groups is 1. The standard InChI is InChI=1S/C12H17NO3/c1-2-13-6-7-16-9-10-4-3-5-11(8-10)12(14)15/h3-5,8,13H,2,6-7,9H2,1H3,(H,14,15). The maximum absolute atomic E-state index is 10.7. The number of aromatic carboxylic acids is 1. The Balaban J connectivity index is 2.36. The highest BCUT2D eigenvalue weighted by Crippen LogP contribution is 2.06. The van der Waals surface area contributed by atoms with E-state index in [1.807, 2.05) is 13.0 Å². The summed E-state index contributed by atoms with van der Waals surface area (Å²) in [4.78, 5) is 10.7. The second-order valence-corrected chi connectivity index (χ2v) is 3.41. The van der Waals surface area contributed by atoms with Crippen molar-refractivity contribution in [1.29, 1.82) is 0 Å². The van der Waals surface area contributed by atoms with Crippen LogP contribution in [-0.2, 0) is 11.3 Å². The highest BCUT2D eigenvalue weighted by Gasteiger charge is 2.02. The Morgan fingerprint density at radius 3 is 3.00 bits per heavy atom. The first-order valence-corrected chi connectivity index (χ1v) is 5.34. The van der Waals surface area contributed by atoms with Crippen LogP contribution in [-0.4, -0.2) is 30.8 Å². The molecule has 0 spiro atoms. The summed E-state index contributed by atoms with van der Waals surface area (Å²) in [7, 11) is 0. The van der Waals surface area contributed by atoms with Gasteiger partial charge in [0.2, 0.25) is 0 Å². The second kappa shape index (κ2) is 6.98. The lowest BCUT2D eigenvalue weighted by atomic mass is 10.1. The van der Waals surface area contributed by atoms with E-state index in [1.165, 1.54) is 0 Å². The summed E-state index contributed by atoms with van der Waals surface area (Å²) in [5, 5.41) is 11.9. The molecule has 4 heteroatoms. The van der Waals surface area contributed by atoms with Crippen molar-refractivity contribution in [2.75, 3.05) is 19.7 Å². The van der Waals surface area contributed by atoms with Crippen molar-refractivity contribution in [3.8, 4) is 0 Å². The number of ether oxygens (including phenoxy) is 1. The number of benzene rings is 1. The van der Waals surface area contributed by atoms with Crippen molar-refractivity contribution in [1.82, 2.24) is 5.32 Å². The highest BCUT2D eigenvalue weighted by atomic mass is 16.5. The van der Waals surface area contributed by atoms with Crippen LogP contribution in [0.1, 0.15) is 22.8 Å². The topological polar surface area (TPSA) is 58.6 Å². The molecule has 0 aromatic heterocycles. The van der Waals surface area contributed by atoms with Gasteiger partial charge in [0.05, 0.1) is 18.8 Å². The highest BCUT2D eigenvalue weighted by molar-refractivity contribution is 5.87. The van der Waals surface area contributed by atoms with Gasteiger partial charge in [-0.3, -0.25) is 0 Å². The molecule has 88 valence electrons. The SMILES string of the molecule is CCNCCOCc1cccc(C(=O)O)c1. The van der Waals surface area contributed by atoms with Crippen LogP contribution in [0.25, 0.3) is 0 Å². The molecule has 0 aliphatic heterocycles. The predicted octanol–water partition coefficient (Wildman–Crippen LogP) is 1.51. The molecule has 0 aliphatic carbocycles. The molecule has 0 radical (unpaired) electrons. The monoisotopic (exact) mass is 223 g/mol. The third kappa shape index (κ3) is 4.42. The largest absolute Gasteiger partial charge is 0.478 e. The molecule has 0 saturated heterocycles. The lowest BCUT2D eigenvalue weighted by molar-refractivity contribution is 0.0696. The van der Waals surface area contributed by atoms with E-state index >= 15 is 0 Å². The fourth-order valence-corrected chi connectivity index (χ4v) is 1.31. The van der Waals surface area contributed by atoms with Gasteiger partial charge in [-0.15, -0.1) is 0 Å². The molecule has 0 fully saturated rings. The Hall–Kier alpha value is -1.39. The molecule has 2 N–H and O–H groups in total. The van der Waals surface area contributed by atoms with Gasteiger partial charge >= 0.3 is 5.97 Å². The number of hydrogen-bond donors (Lipinski definition) is 2. The zero-order valence-electron chi connectivity index (χ0n) is 9.40. The molecule has 1 aromatic rings. The minimum absolute atomic E-state index is 0.299. The van der Waals surface area contributed by atoms with Gasteiger partial charge in [0.1, 0.15) is 0 Å². The first-order valence-electron chi connectivity index (χ1n) is 5.34. The third-order valence-corrected chi connectivity index (χ3v) is 2.12. The predicted molar refractivity (Wildman–Crippen MR) is 61.6 cm³/mol. The number of hydrogen-bond acceptors (Lipinski definition) is 3. The van der Waals surface area contributed by atoms with Crippen molar-refractivity contribution in [2.24, 2.45) is 0 Å². The summed E-state index contributed by atoms with van der Waals surface area (Å²) in [5.74, 6) is -0.908. The number of likely N-dealkylation sites (N-methyl/N-ethyl adjacent to an activating group) is 1. The molecule has 0 amide bonds. The van der Waals surface area contributed by atoms with Crippen LogP contribution in [0.4, 0.5) is 0 Å². The summed E-state index contributed by atoms with van der Waals surface area (Å²) in [6, 6.07) is 6.80. The van der Waals surface area contributed by atoms with Crippen LogP contribution in [0.15, 0.2) is 24.3 Å². The summed E-state index contributed by atoms with van der Waals surface area (Å²) >= 11 is 0. The van der Waals surface area contributed by atoms with Gasteiger partial charge in [0, 0.05) is 6.54 Å². The smallest absolute Gasteiger partial charge is 0.335 e. The van der Waals surface area contributed by atoms with E-state index in [0.717, 1.165) is 18.7 Å². The first-order chi connectivity index (χ1) is 7.74. The molecular weight excluding hydrogens is 206 g/mol. The van der Waals surface area contributed by atoms with E-state index in [9.17, 15) is 4.79 Å². The van der Waals surface area contributed by atoms with Crippen LogP contribution >= 0.6 is 0 Å². The zero-order chi connectivity index (χ0) is 11.8. The number of carboxylic acid groups (broad SMARTS) is 1. The molecular formula is C12H17NO3. The van der Waals surface area contributed by atoms with Gasteiger partial charge in [0.15, 0.2) is 0 Å². The minimum atomic E-state index is -0.908. The van der Waals surface area contributed by atoms with E-state index < -0.39 is 5.97 Å². The average Bonchev–Trinajstić information content (AvgIpc) is 2.29. The summed E-state index contributed by atoms with van der Waals surface area (Å²) in [5.41, 5.74) is 1.18. The molecule has 1 rings (SSSR count). The molecule has 4 nitrogen and oxygen atoms in total. The second-order valence-electron chi connectivity index (χ2n) is 3.41. The molecule has 16 heavy (non-hydrogen) atoms.